The molecule has 0 spiro atoms. The highest BCUT2D eigenvalue weighted by Crippen LogP contribution is 2.27. The molecule has 1 rings (SSSR count). The van der Waals surface area contributed by atoms with Crippen molar-refractivity contribution in [2.75, 3.05) is 0 Å². The van der Waals surface area contributed by atoms with Crippen molar-refractivity contribution in [3.8, 4) is 5.75 Å². The Kier molecular flexibility index (Phi) is 3.31. The standard InChI is InChI=1S/C11H11ClO2/c1-7(6-13)3-9-5-10(12)4-8(2)11(9)14/h3-6,14H,1-2H3/b7-3+. The largest absolute Gasteiger partial charge is 0.507 e. The van der Waals surface area contributed by atoms with Gasteiger partial charge in [0.05, 0.1) is 0 Å². The van der Waals surface area contributed by atoms with Gasteiger partial charge in [-0.2, -0.15) is 0 Å². The monoisotopic (exact) mass is 210 g/mol. The first-order chi connectivity index (χ1) is 6.54. The molecule has 2 nitrogen and oxygen atoms in total. The number of halogens is 1. The van der Waals surface area contributed by atoms with Gasteiger partial charge in [-0.1, -0.05) is 11.6 Å². The minimum absolute atomic E-state index is 0.163. The lowest BCUT2D eigenvalue weighted by atomic mass is 10.1. The molecule has 0 aliphatic heterocycles. The van der Waals surface area contributed by atoms with Gasteiger partial charge in [-0.15, -0.1) is 0 Å². The van der Waals surface area contributed by atoms with Crippen LogP contribution < -0.4 is 0 Å². The molecule has 0 fully saturated rings. The fraction of sp³-hybridized carbons (Fsp3) is 0.182. The molecule has 0 saturated carbocycles. The smallest absolute Gasteiger partial charge is 0.145 e. The Balaban J connectivity index is 3.27. The molecule has 3 heteroatoms. The topological polar surface area (TPSA) is 37.3 Å². The van der Waals surface area contributed by atoms with Gasteiger partial charge in [0.1, 0.15) is 12.0 Å². The van der Waals surface area contributed by atoms with Gasteiger partial charge in [-0.05, 0) is 43.2 Å². The number of allylic oxidation sites excluding steroid dienone is 1. The second-order valence-corrected chi connectivity index (χ2v) is 3.60. The number of phenols is 1. The predicted octanol–water partition coefficient (Wildman–Crippen LogP) is 2.96. The van der Waals surface area contributed by atoms with Gasteiger partial charge in [0.2, 0.25) is 0 Å². The fourth-order valence-corrected chi connectivity index (χ4v) is 1.43. The molecule has 0 amide bonds. The first-order valence-electron chi connectivity index (χ1n) is 4.17. The van der Waals surface area contributed by atoms with Crippen molar-refractivity contribution in [2.24, 2.45) is 0 Å². The SMILES string of the molecule is C/C(C=O)=C\c1cc(Cl)cc(C)c1O. The summed E-state index contributed by atoms with van der Waals surface area (Å²) in [6.07, 6.45) is 2.33. The van der Waals surface area contributed by atoms with E-state index in [0.717, 1.165) is 6.29 Å². The summed E-state index contributed by atoms with van der Waals surface area (Å²) >= 11 is 5.82. The minimum atomic E-state index is 0.163. The lowest BCUT2D eigenvalue weighted by molar-refractivity contribution is -0.104. The molecule has 0 aliphatic rings. The van der Waals surface area contributed by atoms with Crippen molar-refractivity contribution in [1.82, 2.24) is 0 Å². The van der Waals surface area contributed by atoms with Crippen LogP contribution in [0.3, 0.4) is 0 Å². The van der Waals surface area contributed by atoms with Crippen LogP contribution in [-0.4, -0.2) is 11.4 Å². The van der Waals surface area contributed by atoms with E-state index in [1.165, 1.54) is 0 Å². The van der Waals surface area contributed by atoms with Gasteiger partial charge in [0, 0.05) is 10.6 Å². The molecule has 1 aromatic rings. The van der Waals surface area contributed by atoms with Crippen LogP contribution in [0.5, 0.6) is 5.75 Å². The molecule has 0 atom stereocenters. The maximum absolute atomic E-state index is 10.4. The van der Waals surface area contributed by atoms with Crippen LogP contribution in [0.4, 0.5) is 0 Å². The van der Waals surface area contributed by atoms with Crippen molar-refractivity contribution in [3.63, 3.8) is 0 Å². The van der Waals surface area contributed by atoms with Gasteiger partial charge in [0.15, 0.2) is 0 Å². The van der Waals surface area contributed by atoms with Crippen LogP contribution in [0, 0.1) is 6.92 Å². The highest BCUT2D eigenvalue weighted by atomic mass is 35.5. The Labute approximate surface area is 87.8 Å². The Morgan fingerprint density at radius 1 is 1.50 bits per heavy atom. The molecule has 14 heavy (non-hydrogen) atoms. The fourth-order valence-electron chi connectivity index (χ4n) is 1.15. The van der Waals surface area contributed by atoms with Gasteiger partial charge >= 0.3 is 0 Å². The van der Waals surface area contributed by atoms with E-state index >= 15 is 0 Å². The number of rotatable bonds is 2. The van der Waals surface area contributed by atoms with E-state index in [1.807, 2.05) is 0 Å². The summed E-state index contributed by atoms with van der Waals surface area (Å²) in [4.78, 5) is 10.4. The van der Waals surface area contributed by atoms with Gasteiger partial charge in [0.25, 0.3) is 0 Å². The molecule has 0 bridgehead atoms. The second-order valence-electron chi connectivity index (χ2n) is 3.17. The molecule has 0 heterocycles. The summed E-state index contributed by atoms with van der Waals surface area (Å²) < 4.78 is 0. The lowest BCUT2D eigenvalue weighted by Gasteiger charge is -2.04. The van der Waals surface area contributed by atoms with E-state index in [2.05, 4.69) is 0 Å². The third kappa shape index (κ3) is 2.36. The highest BCUT2D eigenvalue weighted by Gasteiger charge is 2.04. The summed E-state index contributed by atoms with van der Waals surface area (Å²) in [6.45, 7) is 3.43. The average molecular weight is 211 g/mol. The quantitative estimate of drug-likeness (QED) is 0.602. The molecule has 1 N–H and O–H groups in total. The third-order valence-electron chi connectivity index (χ3n) is 1.86. The van der Waals surface area contributed by atoms with Gasteiger partial charge in [-0.3, -0.25) is 4.79 Å². The van der Waals surface area contributed by atoms with Crippen molar-refractivity contribution in [1.29, 1.82) is 0 Å². The number of phenolic OH excluding ortho intramolecular Hbond substituents is 1. The molecule has 0 radical (unpaired) electrons. The number of hydrogen-bond acceptors (Lipinski definition) is 2. The highest BCUT2D eigenvalue weighted by molar-refractivity contribution is 6.30. The molecule has 0 saturated heterocycles. The zero-order valence-electron chi connectivity index (χ0n) is 8.04. The summed E-state index contributed by atoms with van der Waals surface area (Å²) in [5, 5.41) is 10.2. The number of hydrogen-bond donors (Lipinski definition) is 1. The van der Waals surface area contributed by atoms with Crippen LogP contribution in [0.25, 0.3) is 6.08 Å². The first kappa shape index (κ1) is 10.8. The van der Waals surface area contributed by atoms with Crippen LogP contribution >= 0.6 is 11.6 Å². The third-order valence-corrected chi connectivity index (χ3v) is 2.08. The van der Waals surface area contributed by atoms with E-state index in [9.17, 15) is 9.90 Å². The molecule has 1 aromatic carbocycles. The van der Waals surface area contributed by atoms with E-state index in [-0.39, 0.29) is 5.75 Å². The number of aromatic hydroxyl groups is 1. The number of benzene rings is 1. The van der Waals surface area contributed by atoms with E-state index < -0.39 is 0 Å². The van der Waals surface area contributed by atoms with Crippen LogP contribution in [0.1, 0.15) is 18.1 Å². The van der Waals surface area contributed by atoms with E-state index in [4.69, 9.17) is 11.6 Å². The van der Waals surface area contributed by atoms with Crippen LogP contribution in [0.2, 0.25) is 5.02 Å². The number of aryl methyl sites for hydroxylation is 1. The van der Waals surface area contributed by atoms with Gasteiger partial charge in [-0.25, -0.2) is 0 Å². The Hall–Kier alpha value is -1.28. The molecular formula is C11H11ClO2. The summed E-state index contributed by atoms with van der Waals surface area (Å²) in [5.74, 6) is 0.163. The second kappa shape index (κ2) is 4.29. The summed E-state index contributed by atoms with van der Waals surface area (Å²) in [6, 6.07) is 3.29. The molecular weight excluding hydrogens is 200 g/mol. The molecule has 0 aromatic heterocycles. The van der Waals surface area contributed by atoms with Gasteiger partial charge < -0.3 is 5.11 Å². The Morgan fingerprint density at radius 3 is 2.71 bits per heavy atom. The van der Waals surface area contributed by atoms with Crippen LogP contribution in [-0.2, 0) is 4.79 Å². The number of aldehydes is 1. The van der Waals surface area contributed by atoms with E-state index in [0.29, 0.717) is 21.7 Å². The molecule has 74 valence electrons. The number of carbonyl (C=O) groups excluding carboxylic acids is 1. The summed E-state index contributed by atoms with van der Waals surface area (Å²) in [5.41, 5.74) is 1.81. The number of carbonyl (C=O) groups is 1. The van der Waals surface area contributed by atoms with Crippen molar-refractivity contribution in [2.45, 2.75) is 13.8 Å². The minimum Gasteiger partial charge on any atom is -0.507 e. The Morgan fingerprint density at radius 2 is 2.14 bits per heavy atom. The van der Waals surface area contributed by atoms with Crippen molar-refractivity contribution >= 4 is 24.0 Å². The van der Waals surface area contributed by atoms with E-state index in [1.54, 1.807) is 32.1 Å². The summed E-state index contributed by atoms with van der Waals surface area (Å²) in [7, 11) is 0. The zero-order chi connectivity index (χ0) is 10.7. The van der Waals surface area contributed by atoms with Crippen molar-refractivity contribution in [3.05, 3.63) is 33.9 Å². The zero-order valence-corrected chi connectivity index (χ0v) is 8.80. The normalized spacial score (nSPS) is 11.5. The first-order valence-corrected chi connectivity index (χ1v) is 4.55. The maximum atomic E-state index is 10.4. The predicted molar refractivity (Wildman–Crippen MR) is 57.6 cm³/mol. The maximum Gasteiger partial charge on any atom is 0.145 e. The lowest BCUT2D eigenvalue weighted by Crippen LogP contribution is -1.83. The molecule has 0 unspecified atom stereocenters. The molecule has 0 aliphatic carbocycles. The Bertz CT molecular complexity index is 395. The van der Waals surface area contributed by atoms with Crippen molar-refractivity contribution < 1.29 is 9.90 Å². The average Bonchev–Trinajstić information content (AvgIpc) is 2.13. The van der Waals surface area contributed by atoms with Crippen LogP contribution in [0.15, 0.2) is 17.7 Å².